The molecular formula is C28H23FN2O4S. The van der Waals surface area contributed by atoms with E-state index in [-0.39, 0.29) is 23.6 Å². The summed E-state index contributed by atoms with van der Waals surface area (Å²) in [6.45, 7) is 3.66. The number of halogens is 1. The molecule has 0 saturated heterocycles. The fourth-order valence-electron chi connectivity index (χ4n) is 4.51. The van der Waals surface area contributed by atoms with Crippen LogP contribution in [0.4, 0.5) is 4.39 Å². The Morgan fingerprint density at radius 3 is 2.61 bits per heavy atom. The van der Waals surface area contributed by atoms with Crippen molar-refractivity contribution in [2.24, 2.45) is 4.99 Å². The van der Waals surface area contributed by atoms with Gasteiger partial charge in [-0.25, -0.2) is 14.2 Å². The zero-order valence-corrected chi connectivity index (χ0v) is 20.8. The van der Waals surface area contributed by atoms with Gasteiger partial charge in [0.1, 0.15) is 17.6 Å². The molecule has 3 aromatic carbocycles. The Hall–Kier alpha value is -4.04. The summed E-state index contributed by atoms with van der Waals surface area (Å²) in [5.41, 5.74) is 1.82. The van der Waals surface area contributed by atoms with Crippen molar-refractivity contribution in [1.29, 1.82) is 0 Å². The molecule has 5 rings (SSSR count). The van der Waals surface area contributed by atoms with E-state index < -0.39 is 12.0 Å². The lowest BCUT2D eigenvalue weighted by molar-refractivity contribution is -0.139. The summed E-state index contributed by atoms with van der Waals surface area (Å²) < 4.78 is 26.5. The summed E-state index contributed by atoms with van der Waals surface area (Å²) in [5.74, 6) is -0.346. The molecule has 182 valence electrons. The molecule has 0 spiro atoms. The van der Waals surface area contributed by atoms with E-state index >= 15 is 0 Å². The molecule has 0 unspecified atom stereocenters. The van der Waals surface area contributed by atoms with Gasteiger partial charge >= 0.3 is 5.97 Å². The summed E-state index contributed by atoms with van der Waals surface area (Å²) in [5, 5.41) is 1.80. The van der Waals surface area contributed by atoms with Gasteiger partial charge in [-0.2, -0.15) is 0 Å². The summed E-state index contributed by atoms with van der Waals surface area (Å²) in [6.07, 6.45) is 1.70. The van der Waals surface area contributed by atoms with Crippen LogP contribution in [0.2, 0.25) is 0 Å². The molecule has 1 aliphatic rings. The highest BCUT2D eigenvalue weighted by molar-refractivity contribution is 7.07. The third-order valence-corrected chi connectivity index (χ3v) is 7.09. The van der Waals surface area contributed by atoms with Crippen molar-refractivity contribution in [2.75, 3.05) is 13.7 Å². The molecular weight excluding hydrogens is 479 g/mol. The van der Waals surface area contributed by atoms with Gasteiger partial charge in [0.05, 0.1) is 29.5 Å². The number of aromatic nitrogens is 1. The molecule has 0 fully saturated rings. The van der Waals surface area contributed by atoms with Crippen LogP contribution in [0.5, 0.6) is 5.75 Å². The first-order chi connectivity index (χ1) is 17.4. The van der Waals surface area contributed by atoms with Gasteiger partial charge in [-0.15, -0.1) is 0 Å². The molecule has 1 atom stereocenters. The van der Waals surface area contributed by atoms with Crippen LogP contribution in [0.1, 0.15) is 31.0 Å². The predicted octanol–water partition coefficient (Wildman–Crippen LogP) is 4.10. The van der Waals surface area contributed by atoms with Crippen LogP contribution in [0.3, 0.4) is 0 Å². The van der Waals surface area contributed by atoms with Gasteiger partial charge in [0, 0.05) is 5.56 Å². The average Bonchev–Trinajstić information content (AvgIpc) is 3.18. The van der Waals surface area contributed by atoms with E-state index in [4.69, 9.17) is 9.47 Å². The molecule has 0 aliphatic carbocycles. The second kappa shape index (κ2) is 9.54. The van der Waals surface area contributed by atoms with Crippen LogP contribution >= 0.6 is 11.3 Å². The van der Waals surface area contributed by atoms with E-state index in [1.807, 2.05) is 36.4 Å². The van der Waals surface area contributed by atoms with Crippen LogP contribution in [-0.2, 0) is 9.53 Å². The molecule has 4 aromatic rings. The lowest BCUT2D eigenvalue weighted by Crippen LogP contribution is -2.40. The Morgan fingerprint density at radius 2 is 1.89 bits per heavy atom. The quantitative estimate of drug-likeness (QED) is 0.386. The highest BCUT2D eigenvalue weighted by Crippen LogP contribution is 2.40. The number of esters is 1. The first-order valence-corrected chi connectivity index (χ1v) is 12.3. The van der Waals surface area contributed by atoms with Crippen molar-refractivity contribution in [2.45, 2.75) is 19.9 Å². The number of thiazole rings is 1. The number of ether oxygens (including phenoxy) is 2. The molecule has 0 amide bonds. The fourth-order valence-corrected chi connectivity index (χ4v) is 5.56. The van der Waals surface area contributed by atoms with Crippen molar-refractivity contribution < 1.29 is 18.7 Å². The number of rotatable bonds is 5. The number of hydrogen-bond acceptors (Lipinski definition) is 6. The van der Waals surface area contributed by atoms with Gasteiger partial charge in [-0.1, -0.05) is 53.8 Å². The Bertz CT molecular complexity index is 1700. The topological polar surface area (TPSA) is 69.9 Å². The first-order valence-electron chi connectivity index (χ1n) is 11.4. The number of fused-ring (bicyclic) bond motifs is 2. The van der Waals surface area contributed by atoms with Crippen molar-refractivity contribution >= 4 is 34.2 Å². The zero-order chi connectivity index (χ0) is 25.4. The second-order valence-corrected chi connectivity index (χ2v) is 9.27. The summed E-state index contributed by atoms with van der Waals surface area (Å²) in [6, 6.07) is 16.6. The number of methoxy groups -OCH3 is 1. The van der Waals surface area contributed by atoms with Crippen molar-refractivity contribution in [3.63, 3.8) is 0 Å². The van der Waals surface area contributed by atoms with Gasteiger partial charge in [0.2, 0.25) is 0 Å². The molecule has 36 heavy (non-hydrogen) atoms. The van der Waals surface area contributed by atoms with Crippen molar-refractivity contribution in [1.82, 2.24) is 4.57 Å². The molecule has 2 heterocycles. The van der Waals surface area contributed by atoms with E-state index in [2.05, 4.69) is 4.99 Å². The molecule has 0 radical (unpaired) electrons. The van der Waals surface area contributed by atoms with Gasteiger partial charge in [-0.3, -0.25) is 9.36 Å². The highest BCUT2D eigenvalue weighted by Gasteiger charge is 2.36. The van der Waals surface area contributed by atoms with E-state index in [0.717, 1.165) is 10.8 Å². The smallest absolute Gasteiger partial charge is 0.338 e. The number of benzene rings is 3. The van der Waals surface area contributed by atoms with Crippen LogP contribution in [0, 0.1) is 5.82 Å². The Labute approximate surface area is 210 Å². The van der Waals surface area contributed by atoms with Crippen LogP contribution in [0.25, 0.3) is 16.8 Å². The van der Waals surface area contributed by atoms with E-state index in [9.17, 15) is 14.0 Å². The lowest BCUT2D eigenvalue weighted by Gasteiger charge is -2.27. The number of nitrogens with zero attached hydrogens (tertiary/aromatic N) is 2. The van der Waals surface area contributed by atoms with Gasteiger partial charge in [0.25, 0.3) is 5.56 Å². The SMILES string of the molecule is CCOC(=O)C1=C(C)N=c2s/c(=C/c3ccc(F)cc3)c(=O)n2[C@H]1c1c(OC)ccc2ccccc12. The average molecular weight is 503 g/mol. The maximum absolute atomic E-state index is 13.8. The predicted molar refractivity (Wildman–Crippen MR) is 137 cm³/mol. The lowest BCUT2D eigenvalue weighted by atomic mass is 9.90. The summed E-state index contributed by atoms with van der Waals surface area (Å²) >= 11 is 1.22. The Morgan fingerprint density at radius 1 is 1.14 bits per heavy atom. The number of carbonyl (C=O) groups excluding carboxylic acids is 1. The van der Waals surface area contributed by atoms with Gasteiger partial charge < -0.3 is 9.47 Å². The summed E-state index contributed by atoms with van der Waals surface area (Å²) in [7, 11) is 1.56. The van der Waals surface area contributed by atoms with Gasteiger partial charge in [0.15, 0.2) is 4.80 Å². The monoisotopic (exact) mass is 502 g/mol. The number of hydrogen-bond donors (Lipinski definition) is 0. The minimum Gasteiger partial charge on any atom is -0.496 e. The molecule has 0 N–H and O–H groups in total. The standard InChI is InChI=1S/C28H23FN2O4S/c1-4-35-27(33)23-16(2)30-28-31(26(32)22(36-28)15-17-9-12-19(29)13-10-17)25(23)24-20-8-6-5-7-18(20)11-14-21(24)34-3/h5-15,25H,4H2,1-3H3/b22-15+/t25-/m1/s1. The van der Waals surface area contributed by atoms with Gasteiger partial charge in [-0.05, 0) is 54.5 Å². The number of carbonyl (C=O) groups is 1. The van der Waals surface area contributed by atoms with Crippen LogP contribution < -0.4 is 19.6 Å². The van der Waals surface area contributed by atoms with E-state index in [1.165, 1.54) is 28.0 Å². The highest BCUT2D eigenvalue weighted by atomic mass is 32.1. The maximum atomic E-state index is 13.8. The molecule has 1 aliphatic heterocycles. The first kappa shape index (κ1) is 23.7. The third-order valence-electron chi connectivity index (χ3n) is 6.11. The zero-order valence-electron chi connectivity index (χ0n) is 19.9. The largest absolute Gasteiger partial charge is 0.496 e. The van der Waals surface area contributed by atoms with Crippen molar-refractivity contribution in [3.8, 4) is 5.75 Å². The molecule has 8 heteroatoms. The minimum atomic E-state index is -0.809. The van der Waals surface area contributed by atoms with Crippen LogP contribution in [0.15, 0.2) is 81.7 Å². The third kappa shape index (κ3) is 4.03. The van der Waals surface area contributed by atoms with Crippen LogP contribution in [-0.4, -0.2) is 24.3 Å². The Kier molecular flexibility index (Phi) is 6.28. The molecule has 0 bridgehead atoms. The van der Waals surface area contributed by atoms with E-state index in [0.29, 0.717) is 31.9 Å². The summed E-state index contributed by atoms with van der Waals surface area (Å²) in [4.78, 5) is 32.1. The van der Waals surface area contributed by atoms with Crippen molar-refractivity contribution in [3.05, 3.63) is 109 Å². The normalized spacial score (nSPS) is 15.6. The molecule has 1 aromatic heterocycles. The fraction of sp³-hybridized carbons (Fsp3) is 0.179. The minimum absolute atomic E-state index is 0.185. The number of allylic oxidation sites excluding steroid dienone is 1. The maximum Gasteiger partial charge on any atom is 0.338 e. The molecule has 6 nitrogen and oxygen atoms in total. The van der Waals surface area contributed by atoms with E-state index in [1.54, 1.807) is 39.2 Å². The second-order valence-electron chi connectivity index (χ2n) is 8.26. The molecule has 0 saturated carbocycles. The Balaban J connectivity index is 1.84.